The highest BCUT2D eigenvalue weighted by atomic mass is 35.5. The molecule has 0 heterocycles. The number of halogens is 2. The van der Waals surface area contributed by atoms with E-state index in [1.807, 2.05) is 24.3 Å². The van der Waals surface area contributed by atoms with Crippen molar-refractivity contribution >= 4 is 23.2 Å². The summed E-state index contributed by atoms with van der Waals surface area (Å²) in [5.74, 6) is 0.701. The lowest BCUT2D eigenvalue weighted by atomic mass is 9.98. The van der Waals surface area contributed by atoms with E-state index in [1.165, 1.54) is 18.4 Å². The Balaban J connectivity index is 1.76. The van der Waals surface area contributed by atoms with Crippen molar-refractivity contribution in [1.82, 2.24) is 0 Å². The molecule has 1 atom stereocenters. The van der Waals surface area contributed by atoms with E-state index < -0.39 is 6.10 Å². The largest absolute Gasteiger partial charge is 0.388 e. The zero-order valence-corrected chi connectivity index (χ0v) is 12.5. The Morgan fingerprint density at radius 3 is 2.55 bits per heavy atom. The van der Waals surface area contributed by atoms with Crippen molar-refractivity contribution in [2.45, 2.75) is 31.3 Å². The zero-order chi connectivity index (χ0) is 14.1. The summed E-state index contributed by atoms with van der Waals surface area (Å²) in [6, 6.07) is 13.8. The van der Waals surface area contributed by atoms with Crippen LogP contribution in [0.15, 0.2) is 42.5 Å². The van der Waals surface area contributed by atoms with Gasteiger partial charge in [0.2, 0.25) is 0 Å². The van der Waals surface area contributed by atoms with Gasteiger partial charge in [0.05, 0.1) is 16.1 Å². The average molecular weight is 307 g/mol. The molecule has 0 spiro atoms. The predicted octanol–water partition coefficient (Wildman–Crippen LogP) is 5.15. The van der Waals surface area contributed by atoms with Crippen molar-refractivity contribution in [3.8, 4) is 0 Å². The third kappa shape index (κ3) is 3.17. The van der Waals surface area contributed by atoms with E-state index in [0.29, 0.717) is 22.4 Å². The van der Waals surface area contributed by atoms with Gasteiger partial charge in [0, 0.05) is 6.42 Å². The van der Waals surface area contributed by atoms with Gasteiger partial charge < -0.3 is 5.11 Å². The fraction of sp³-hybridized carbons (Fsp3) is 0.294. The summed E-state index contributed by atoms with van der Waals surface area (Å²) < 4.78 is 0. The lowest BCUT2D eigenvalue weighted by Gasteiger charge is -2.13. The van der Waals surface area contributed by atoms with Crippen LogP contribution in [-0.4, -0.2) is 5.11 Å². The molecule has 1 fully saturated rings. The second-order valence-corrected chi connectivity index (χ2v) is 6.23. The van der Waals surface area contributed by atoms with Crippen LogP contribution in [-0.2, 0) is 6.42 Å². The first-order chi connectivity index (χ1) is 9.63. The highest BCUT2D eigenvalue weighted by Gasteiger charge is 2.24. The van der Waals surface area contributed by atoms with Gasteiger partial charge in [0.15, 0.2) is 0 Å². The van der Waals surface area contributed by atoms with Crippen LogP contribution in [0.4, 0.5) is 0 Å². The number of hydrogen-bond acceptors (Lipinski definition) is 1. The number of aliphatic hydroxyl groups is 1. The Morgan fingerprint density at radius 2 is 1.85 bits per heavy atom. The Bertz CT molecular complexity index is 620. The second-order valence-electron chi connectivity index (χ2n) is 5.41. The fourth-order valence-corrected chi connectivity index (χ4v) is 2.77. The molecular weight excluding hydrogens is 291 g/mol. The van der Waals surface area contributed by atoms with Crippen molar-refractivity contribution in [2.24, 2.45) is 0 Å². The fourth-order valence-electron chi connectivity index (χ4n) is 2.44. The van der Waals surface area contributed by atoms with Gasteiger partial charge >= 0.3 is 0 Å². The molecule has 0 aromatic heterocycles. The van der Waals surface area contributed by atoms with Gasteiger partial charge in [-0.2, -0.15) is 0 Å². The quantitative estimate of drug-likeness (QED) is 0.828. The Morgan fingerprint density at radius 1 is 1.05 bits per heavy atom. The van der Waals surface area contributed by atoms with E-state index in [-0.39, 0.29) is 0 Å². The van der Waals surface area contributed by atoms with Crippen molar-refractivity contribution in [1.29, 1.82) is 0 Å². The maximum Gasteiger partial charge on any atom is 0.0830 e. The molecule has 3 rings (SSSR count). The first-order valence-electron chi connectivity index (χ1n) is 6.85. The van der Waals surface area contributed by atoms with Crippen LogP contribution >= 0.6 is 23.2 Å². The van der Waals surface area contributed by atoms with Crippen molar-refractivity contribution in [3.63, 3.8) is 0 Å². The molecule has 1 N–H and O–H groups in total. The zero-order valence-electron chi connectivity index (χ0n) is 11.0. The number of rotatable bonds is 4. The van der Waals surface area contributed by atoms with Crippen molar-refractivity contribution < 1.29 is 5.11 Å². The van der Waals surface area contributed by atoms with Crippen LogP contribution in [0.2, 0.25) is 10.0 Å². The minimum Gasteiger partial charge on any atom is -0.388 e. The van der Waals surface area contributed by atoms with Gasteiger partial charge in [-0.25, -0.2) is 0 Å². The van der Waals surface area contributed by atoms with E-state index in [2.05, 4.69) is 12.1 Å². The minimum atomic E-state index is -0.508. The van der Waals surface area contributed by atoms with Crippen LogP contribution in [0, 0.1) is 0 Å². The summed E-state index contributed by atoms with van der Waals surface area (Å²) in [4.78, 5) is 0. The SMILES string of the molecule is OC(Cc1ccc(Cl)c(Cl)c1)c1cccc(C2CC2)c1. The molecule has 1 aliphatic rings. The van der Waals surface area contributed by atoms with Gasteiger partial charge in [0.25, 0.3) is 0 Å². The molecular formula is C17H16Cl2O. The third-order valence-corrected chi connectivity index (χ3v) is 4.50. The van der Waals surface area contributed by atoms with Crippen LogP contribution in [0.5, 0.6) is 0 Å². The topological polar surface area (TPSA) is 20.2 Å². The maximum absolute atomic E-state index is 10.4. The Labute approximate surface area is 129 Å². The monoisotopic (exact) mass is 306 g/mol. The molecule has 104 valence electrons. The predicted molar refractivity (Wildman–Crippen MR) is 83.5 cm³/mol. The van der Waals surface area contributed by atoms with Crippen LogP contribution in [0.3, 0.4) is 0 Å². The molecule has 0 radical (unpaired) electrons. The third-order valence-electron chi connectivity index (χ3n) is 3.76. The molecule has 1 aliphatic carbocycles. The highest BCUT2D eigenvalue weighted by Crippen LogP contribution is 2.40. The normalized spacial score (nSPS) is 16.1. The molecule has 1 unspecified atom stereocenters. The van der Waals surface area contributed by atoms with E-state index >= 15 is 0 Å². The summed E-state index contributed by atoms with van der Waals surface area (Å²) in [6.45, 7) is 0. The first-order valence-corrected chi connectivity index (χ1v) is 7.61. The maximum atomic E-state index is 10.4. The summed E-state index contributed by atoms with van der Waals surface area (Å²) in [5, 5.41) is 11.5. The summed E-state index contributed by atoms with van der Waals surface area (Å²) in [6.07, 6.45) is 2.58. The Kier molecular flexibility index (Phi) is 4.02. The minimum absolute atomic E-state index is 0.508. The molecule has 1 nitrogen and oxygen atoms in total. The van der Waals surface area contributed by atoms with Gasteiger partial charge in [-0.05, 0) is 47.6 Å². The molecule has 0 amide bonds. The molecule has 2 aromatic carbocycles. The lowest BCUT2D eigenvalue weighted by Crippen LogP contribution is -2.02. The molecule has 1 saturated carbocycles. The van der Waals surface area contributed by atoms with Crippen LogP contribution in [0.1, 0.15) is 41.6 Å². The van der Waals surface area contributed by atoms with E-state index in [4.69, 9.17) is 23.2 Å². The molecule has 2 aromatic rings. The van der Waals surface area contributed by atoms with E-state index in [0.717, 1.165) is 11.1 Å². The average Bonchev–Trinajstić information content (AvgIpc) is 3.28. The standard InChI is InChI=1S/C17H16Cl2O/c18-15-7-4-11(8-16(15)19)9-17(20)14-3-1-2-13(10-14)12-5-6-12/h1-4,7-8,10,12,17,20H,5-6,9H2. The summed E-state index contributed by atoms with van der Waals surface area (Å²) >= 11 is 11.9. The van der Waals surface area contributed by atoms with Crippen molar-refractivity contribution in [3.05, 3.63) is 69.2 Å². The summed E-state index contributed by atoms with van der Waals surface area (Å²) in [7, 11) is 0. The molecule has 20 heavy (non-hydrogen) atoms. The molecule has 0 bridgehead atoms. The van der Waals surface area contributed by atoms with Gasteiger partial charge in [-0.3, -0.25) is 0 Å². The molecule has 3 heteroatoms. The smallest absolute Gasteiger partial charge is 0.0830 e. The van der Waals surface area contributed by atoms with Crippen LogP contribution in [0.25, 0.3) is 0 Å². The number of benzene rings is 2. The van der Waals surface area contributed by atoms with Gasteiger partial charge in [-0.1, -0.05) is 53.5 Å². The lowest BCUT2D eigenvalue weighted by molar-refractivity contribution is 0.178. The summed E-state index contributed by atoms with van der Waals surface area (Å²) in [5.41, 5.74) is 3.31. The van der Waals surface area contributed by atoms with Crippen molar-refractivity contribution in [2.75, 3.05) is 0 Å². The van der Waals surface area contributed by atoms with Gasteiger partial charge in [-0.15, -0.1) is 0 Å². The first kappa shape index (κ1) is 13.9. The Hall–Kier alpha value is -1.02. The second kappa shape index (κ2) is 5.77. The number of aliphatic hydroxyl groups excluding tert-OH is 1. The van der Waals surface area contributed by atoms with E-state index in [1.54, 1.807) is 6.07 Å². The van der Waals surface area contributed by atoms with Crippen LogP contribution < -0.4 is 0 Å². The highest BCUT2D eigenvalue weighted by molar-refractivity contribution is 6.42. The molecule has 0 saturated heterocycles. The van der Waals surface area contributed by atoms with Gasteiger partial charge in [0.1, 0.15) is 0 Å². The number of hydrogen-bond donors (Lipinski definition) is 1. The van der Waals surface area contributed by atoms with E-state index in [9.17, 15) is 5.11 Å². The molecule has 0 aliphatic heterocycles.